The van der Waals surface area contributed by atoms with E-state index in [9.17, 15) is 13.2 Å². The summed E-state index contributed by atoms with van der Waals surface area (Å²) in [6.45, 7) is 3.08. The zero-order valence-electron chi connectivity index (χ0n) is 11.6. The van der Waals surface area contributed by atoms with Crippen molar-refractivity contribution in [1.29, 1.82) is 0 Å². The highest BCUT2D eigenvalue weighted by atomic mass is 79.9. The van der Waals surface area contributed by atoms with Crippen LogP contribution in [-0.2, 0) is 19.4 Å². The lowest BCUT2D eigenvalue weighted by atomic mass is 10.3. The highest BCUT2D eigenvalue weighted by Crippen LogP contribution is 2.26. The molecule has 21 heavy (non-hydrogen) atoms. The van der Waals surface area contributed by atoms with Gasteiger partial charge in [-0.2, -0.15) is 0 Å². The molecule has 1 aromatic rings. The second-order valence-corrected chi connectivity index (χ2v) is 7.96. The van der Waals surface area contributed by atoms with Gasteiger partial charge in [-0.25, -0.2) is 8.42 Å². The van der Waals surface area contributed by atoms with Crippen molar-refractivity contribution in [2.24, 2.45) is 0 Å². The fourth-order valence-electron chi connectivity index (χ4n) is 2.14. The van der Waals surface area contributed by atoms with Crippen molar-refractivity contribution in [2.75, 3.05) is 32.0 Å². The standard InChI is InChI=1S/C13H17BrN2O4S/c1-9(13(17)16-4-6-20-7-5-16)21(18,19)12-3-2-10(14)8-11(12)15/h2-3,8-9H,4-7,15H2,1H3. The van der Waals surface area contributed by atoms with Gasteiger partial charge in [0.15, 0.2) is 9.84 Å². The summed E-state index contributed by atoms with van der Waals surface area (Å²) in [7, 11) is -3.81. The van der Waals surface area contributed by atoms with Gasteiger partial charge in [-0.05, 0) is 25.1 Å². The number of anilines is 1. The highest BCUT2D eigenvalue weighted by Gasteiger charge is 2.34. The predicted octanol–water partition coefficient (Wildman–Crippen LogP) is 1.05. The number of morpholine rings is 1. The van der Waals surface area contributed by atoms with Gasteiger partial charge >= 0.3 is 0 Å². The molecule has 1 saturated heterocycles. The van der Waals surface area contributed by atoms with Crippen LogP contribution in [0.1, 0.15) is 6.92 Å². The molecule has 6 nitrogen and oxygen atoms in total. The summed E-state index contributed by atoms with van der Waals surface area (Å²) >= 11 is 3.23. The molecular formula is C13H17BrN2O4S. The number of hydrogen-bond donors (Lipinski definition) is 1. The van der Waals surface area contributed by atoms with Crippen molar-refractivity contribution < 1.29 is 17.9 Å². The smallest absolute Gasteiger partial charge is 0.241 e. The van der Waals surface area contributed by atoms with Gasteiger partial charge in [0.25, 0.3) is 0 Å². The van der Waals surface area contributed by atoms with E-state index in [2.05, 4.69) is 15.9 Å². The summed E-state index contributed by atoms with van der Waals surface area (Å²) in [6.07, 6.45) is 0. The molecule has 1 atom stereocenters. The summed E-state index contributed by atoms with van der Waals surface area (Å²) in [5.74, 6) is -0.416. The third-order valence-electron chi connectivity index (χ3n) is 3.41. The van der Waals surface area contributed by atoms with E-state index < -0.39 is 21.0 Å². The molecule has 1 amide bonds. The second kappa shape index (κ2) is 6.33. The van der Waals surface area contributed by atoms with Crippen molar-refractivity contribution in [3.05, 3.63) is 22.7 Å². The van der Waals surface area contributed by atoms with E-state index >= 15 is 0 Å². The Morgan fingerprint density at radius 3 is 2.57 bits per heavy atom. The first-order valence-electron chi connectivity index (χ1n) is 6.49. The van der Waals surface area contributed by atoms with E-state index in [4.69, 9.17) is 10.5 Å². The molecule has 8 heteroatoms. The molecule has 2 N–H and O–H groups in total. The number of sulfone groups is 1. The predicted molar refractivity (Wildman–Crippen MR) is 82.6 cm³/mol. The summed E-state index contributed by atoms with van der Waals surface area (Å²) < 4.78 is 31.0. The van der Waals surface area contributed by atoms with Crippen molar-refractivity contribution in [3.63, 3.8) is 0 Å². The molecule has 1 aliphatic rings. The minimum atomic E-state index is -3.81. The van der Waals surface area contributed by atoms with Gasteiger partial charge in [0.05, 0.1) is 23.8 Å². The molecule has 1 fully saturated rings. The molecule has 1 aromatic carbocycles. The average Bonchev–Trinajstić information content (AvgIpc) is 2.46. The fraction of sp³-hybridized carbons (Fsp3) is 0.462. The quantitative estimate of drug-likeness (QED) is 0.796. The number of nitrogens with two attached hydrogens (primary N) is 1. The van der Waals surface area contributed by atoms with Crippen molar-refractivity contribution in [2.45, 2.75) is 17.1 Å². The molecular weight excluding hydrogens is 360 g/mol. The van der Waals surface area contributed by atoms with Gasteiger partial charge in [0.2, 0.25) is 5.91 Å². The first-order valence-corrected chi connectivity index (χ1v) is 8.83. The summed E-state index contributed by atoms with van der Waals surface area (Å²) in [4.78, 5) is 13.8. The van der Waals surface area contributed by atoms with Crippen molar-refractivity contribution in [1.82, 2.24) is 4.90 Å². The zero-order chi connectivity index (χ0) is 15.6. The zero-order valence-corrected chi connectivity index (χ0v) is 14.0. The molecule has 2 rings (SSSR count). The van der Waals surface area contributed by atoms with Crippen LogP contribution in [0.25, 0.3) is 0 Å². The van der Waals surface area contributed by atoms with Gasteiger partial charge in [0.1, 0.15) is 5.25 Å². The molecule has 1 heterocycles. The average molecular weight is 377 g/mol. The summed E-state index contributed by atoms with van der Waals surface area (Å²) in [6, 6.07) is 4.52. The van der Waals surface area contributed by atoms with E-state index in [0.717, 1.165) is 0 Å². The third-order valence-corrected chi connectivity index (χ3v) is 6.02. The van der Waals surface area contributed by atoms with Crippen LogP contribution in [0.15, 0.2) is 27.6 Å². The number of benzene rings is 1. The molecule has 1 aliphatic heterocycles. The van der Waals surface area contributed by atoms with Gasteiger partial charge in [-0.1, -0.05) is 15.9 Å². The Morgan fingerprint density at radius 1 is 1.38 bits per heavy atom. The maximum absolute atomic E-state index is 12.6. The fourth-order valence-corrected chi connectivity index (χ4v) is 3.96. The van der Waals surface area contributed by atoms with Gasteiger partial charge in [-0.3, -0.25) is 4.79 Å². The van der Waals surface area contributed by atoms with Crippen LogP contribution in [-0.4, -0.2) is 50.8 Å². The molecule has 0 radical (unpaired) electrons. The number of amides is 1. The maximum Gasteiger partial charge on any atom is 0.241 e. The summed E-state index contributed by atoms with van der Waals surface area (Å²) in [5, 5.41) is -1.17. The van der Waals surface area contributed by atoms with E-state index in [-0.39, 0.29) is 10.6 Å². The molecule has 116 valence electrons. The number of hydrogen-bond acceptors (Lipinski definition) is 5. The summed E-state index contributed by atoms with van der Waals surface area (Å²) in [5.41, 5.74) is 5.90. The van der Waals surface area contributed by atoms with Gasteiger partial charge in [-0.15, -0.1) is 0 Å². The minimum Gasteiger partial charge on any atom is -0.398 e. The normalized spacial score (nSPS) is 17.5. The van der Waals surface area contributed by atoms with Crippen molar-refractivity contribution in [3.8, 4) is 0 Å². The van der Waals surface area contributed by atoms with Crippen LogP contribution in [0.2, 0.25) is 0 Å². The van der Waals surface area contributed by atoms with Crippen LogP contribution in [0.4, 0.5) is 5.69 Å². The van der Waals surface area contributed by atoms with Crippen LogP contribution in [0, 0.1) is 0 Å². The number of rotatable bonds is 3. The van der Waals surface area contributed by atoms with E-state index in [1.165, 1.54) is 24.0 Å². The monoisotopic (exact) mass is 376 g/mol. The number of halogens is 1. The van der Waals surface area contributed by atoms with Crippen LogP contribution in [0.3, 0.4) is 0 Å². The number of carbonyl (C=O) groups is 1. The minimum absolute atomic E-state index is 0.0141. The van der Waals surface area contributed by atoms with E-state index in [1.54, 1.807) is 6.07 Å². The van der Waals surface area contributed by atoms with Gasteiger partial charge in [0, 0.05) is 17.6 Å². The SMILES string of the molecule is CC(C(=O)N1CCOCC1)S(=O)(=O)c1ccc(Br)cc1N. The van der Waals surface area contributed by atoms with Gasteiger partial charge < -0.3 is 15.4 Å². The lowest BCUT2D eigenvalue weighted by molar-refractivity contribution is -0.134. The Kier molecular flexibility index (Phi) is 4.90. The first-order chi connectivity index (χ1) is 9.84. The maximum atomic E-state index is 12.6. The van der Waals surface area contributed by atoms with E-state index in [1.807, 2.05) is 0 Å². The molecule has 0 aliphatic carbocycles. The van der Waals surface area contributed by atoms with Crippen molar-refractivity contribution >= 4 is 37.4 Å². The Balaban J connectivity index is 2.27. The molecule has 0 bridgehead atoms. The van der Waals surface area contributed by atoms with Crippen LogP contribution < -0.4 is 5.73 Å². The van der Waals surface area contributed by atoms with Crippen LogP contribution >= 0.6 is 15.9 Å². The topological polar surface area (TPSA) is 89.7 Å². The highest BCUT2D eigenvalue weighted by molar-refractivity contribution is 9.10. The molecule has 0 saturated carbocycles. The largest absolute Gasteiger partial charge is 0.398 e. The lowest BCUT2D eigenvalue weighted by Gasteiger charge is -2.29. The Labute approximate surface area is 132 Å². The number of nitrogens with zero attached hydrogens (tertiary/aromatic N) is 1. The third kappa shape index (κ3) is 3.38. The lowest BCUT2D eigenvalue weighted by Crippen LogP contribution is -2.47. The Hall–Kier alpha value is -1.12. The number of ether oxygens (including phenoxy) is 1. The van der Waals surface area contributed by atoms with E-state index in [0.29, 0.717) is 30.8 Å². The first kappa shape index (κ1) is 16.3. The molecule has 1 unspecified atom stereocenters. The number of nitrogen functional groups attached to an aromatic ring is 1. The number of carbonyl (C=O) groups excluding carboxylic acids is 1. The Morgan fingerprint density at radius 2 is 2.00 bits per heavy atom. The molecule has 0 spiro atoms. The Bertz CT molecular complexity index is 642. The second-order valence-electron chi connectivity index (χ2n) is 4.81. The molecule has 0 aromatic heterocycles. The van der Waals surface area contributed by atoms with Crippen LogP contribution in [0.5, 0.6) is 0 Å².